The summed E-state index contributed by atoms with van der Waals surface area (Å²) in [5.74, 6) is -0.471. The number of amides is 7. The first-order chi connectivity index (χ1) is 54.0. The number of benzene rings is 4. The molecular formula is C83H105F4LiN13O14-. The fraction of sp³-hybridized carbons (Fsp3) is 0.506. The van der Waals surface area contributed by atoms with Crippen molar-refractivity contribution < 1.29 is 104 Å². The van der Waals surface area contributed by atoms with Crippen molar-refractivity contribution in [3.05, 3.63) is 185 Å². The van der Waals surface area contributed by atoms with Crippen LogP contribution in [0.1, 0.15) is 149 Å². The number of methoxy groups -OCH3 is 2. The Labute approximate surface area is 680 Å². The largest absolute Gasteiger partial charge is 1.00 e. The number of likely N-dealkylation sites (N-methyl/N-ethyl adjacent to an activating group) is 1. The van der Waals surface area contributed by atoms with E-state index < -0.39 is 89.8 Å². The van der Waals surface area contributed by atoms with Gasteiger partial charge in [-0.1, -0.05) is 38.1 Å². The first-order valence-electron chi connectivity index (χ1n) is 38.7. The molecule has 8 heterocycles. The molecule has 4 aromatic carbocycles. The van der Waals surface area contributed by atoms with Crippen LogP contribution in [0.2, 0.25) is 0 Å². The number of rotatable bonds is 29. The van der Waals surface area contributed by atoms with Crippen LogP contribution in [0.25, 0.3) is 0 Å². The standard InChI is InChI=1S/C40H52F2N6O7.C36H45F2N5O5.C7H7N2O.Li.H2O/c1-25(45(6)39(52)55-40(3,4)5)36(49)44-35(26(2)53-7)38(51)48-23-32(54-31-16-14-29(42)15-17-31)21-30(48)22-47(20-18-27-10-12-28(41)13-11-27)37(50)33-24-46-19-8-9-34(46)43-33;1-5-23(2)34(44)40-33(24(3)47-4)36(46)43-21-30(48-29-14-12-27(38)13-15-29)19-28(43)20-42(18-16-25-8-10-26(37)11-9-25)35(45)31-22-41-17-6-7-32(41)39-31;10-5-6-4-9-3-1-2-7(9)8-6;;/h10-17,24-26,30,32,35H,8-9,18-23H2,1-7H3,(H,44,49);8-15,22-24,28,30,33H,5-7,16-21H2,1-4H3,(H,40,44);4H,1-3H2;;1H2/q;;-1;+1;/p-1/t25-,26+,30-,32-,35-;23-,24-,28+,30+,33+;;;/m01.../s1. The Morgan fingerprint density at radius 2 is 0.939 bits per heavy atom. The molecule has 12 rings (SSSR count). The van der Waals surface area contributed by atoms with Gasteiger partial charge in [0.05, 0.1) is 43.2 Å². The Morgan fingerprint density at radius 3 is 1.30 bits per heavy atom. The summed E-state index contributed by atoms with van der Waals surface area (Å²) in [6, 6.07) is 19.3. The number of aromatic nitrogens is 6. The van der Waals surface area contributed by atoms with Crippen LogP contribution in [0.3, 0.4) is 0 Å². The number of ether oxygens (including phenoxy) is 5. The normalized spacial score (nSPS) is 18.0. The maximum Gasteiger partial charge on any atom is 1.00 e. The third-order valence-electron chi connectivity index (χ3n) is 21.2. The Bertz CT molecular complexity index is 4350. The fourth-order valence-electron chi connectivity index (χ4n) is 14.3. The number of carbonyl (C=O) groups is 7. The van der Waals surface area contributed by atoms with Crippen molar-refractivity contribution in [3.8, 4) is 11.5 Å². The maximum absolute atomic E-state index is 14.6. The van der Waals surface area contributed by atoms with Gasteiger partial charge in [-0.15, -0.1) is 6.20 Å². The van der Waals surface area contributed by atoms with Crippen LogP contribution >= 0.6 is 0 Å². The molecule has 115 heavy (non-hydrogen) atoms. The molecule has 7 aromatic rings. The predicted octanol–water partition coefficient (Wildman–Crippen LogP) is 6.14. The van der Waals surface area contributed by atoms with E-state index in [0.29, 0.717) is 67.2 Å². The molecule has 0 saturated carbocycles. The van der Waals surface area contributed by atoms with Gasteiger partial charge in [-0.2, -0.15) is 0 Å². The minimum absolute atomic E-state index is 0. The molecule has 0 radical (unpaired) electrons. The average Bonchev–Trinajstić information content (AvgIpc) is 1.67. The molecule has 10 atom stereocenters. The van der Waals surface area contributed by atoms with E-state index in [9.17, 15) is 55.9 Å². The number of halogens is 4. The molecule has 5 aliphatic rings. The van der Waals surface area contributed by atoms with Crippen LogP contribution in [0.5, 0.6) is 11.5 Å². The van der Waals surface area contributed by atoms with Crippen molar-refractivity contribution in [2.45, 2.75) is 206 Å². The molecule has 0 aliphatic carbocycles. The number of hydrogen-bond donors (Lipinski definition) is 2. The van der Waals surface area contributed by atoms with E-state index in [1.165, 1.54) is 101 Å². The van der Waals surface area contributed by atoms with Gasteiger partial charge in [0.2, 0.25) is 23.6 Å². The molecular weight excluding hydrogens is 1490 g/mol. The SMILES string of the molecule is CC[C@@H](C)C(=O)N[C@H](C(=O)N1C[C@@H](Oc2ccc(F)cc2)C[C@H]1CN(CCc1ccc(F)cc1)C(=O)c1cn2c(n1)CCC2)[C@@H](C)OC.CO[C@H](C)[C@H](NC(=O)[C@H](C)N(C)C(=O)OC(C)(C)C)C(=O)N1C[C@@H](Oc2ccc(F)cc2)C[C@H]1CN(CCc1ccc(F)cc1)C(=O)c1cn2c(n1)CCC2.O=[C-]c1cn2c(n1)CCC2.[Li+].[OH-]. The van der Waals surface area contributed by atoms with Crippen LogP contribution in [0, 0.1) is 29.2 Å². The van der Waals surface area contributed by atoms with Gasteiger partial charge in [-0.25, -0.2) is 32.3 Å². The van der Waals surface area contributed by atoms with Crippen LogP contribution in [0.4, 0.5) is 22.4 Å². The molecule has 0 spiro atoms. The molecule has 5 aliphatic heterocycles. The Balaban J connectivity index is 0.000000253. The number of aryl methyl sites for hydroxylation is 6. The van der Waals surface area contributed by atoms with Gasteiger partial charge in [-0.05, 0) is 170 Å². The first kappa shape index (κ1) is 90.6. The van der Waals surface area contributed by atoms with Crippen molar-refractivity contribution in [2.24, 2.45) is 5.92 Å². The summed E-state index contributed by atoms with van der Waals surface area (Å²) in [4.78, 5) is 128. The minimum atomic E-state index is -1.18. The van der Waals surface area contributed by atoms with E-state index in [1.807, 2.05) is 20.6 Å². The van der Waals surface area contributed by atoms with E-state index in [0.717, 1.165) is 91.7 Å². The average molecular weight is 1590 g/mol. The second-order valence-corrected chi connectivity index (χ2v) is 30.5. The van der Waals surface area contributed by atoms with Gasteiger partial charge in [0.25, 0.3) is 11.8 Å². The second-order valence-electron chi connectivity index (χ2n) is 30.5. The van der Waals surface area contributed by atoms with Gasteiger partial charge in [0, 0.05) is 124 Å². The first-order valence-corrected chi connectivity index (χ1v) is 38.7. The number of nitrogens with one attached hydrogen (secondary N) is 2. The Morgan fingerprint density at radius 1 is 0.565 bits per heavy atom. The summed E-state index contributed by atoms with van der Waals surface area (Å²) < 4.78 is 89.7. The Kier molecular flexibility index (Phi) is 32.8. The number of nitrogens with zero attached hydrogens (tertiary/aromatic N) is 11. The van der Waals surface area contributed by atoms with Gasteiger partial charge in [-0.3, -0.25) is 38.7 Å². The van der Waals surface area contributed by atoms with E-state index in [4.69, 9.17) is 23.7 Å². The summed E-state index contributed by atoms with van der Waals surface area (Å²) in [5, 5.41) is 5.70. The monoisotopic (exact) mass is 1590 g/mol. The van der Waals surface area contributed by atoms with Crippen LogP contribution in [-0.2, 0) is 89.9 Å². The summed E-state index contributed by atoms with van der Waals surface area (Å²) in [6.45, 7) is 17.5. The zero-order valence-electron chi connectivity index (χ0n) is 67.6. The molecule has 3 N–H and O–H groups in total. The van der Waals surface area contributed by atoms with Gasteiger partial charge in [0.15, 0.2) is 0 Å². The third-order valence-corrected chi connectivity index (χ3v) is 21.2. The summed E-state index contributed by atoms with van der Waals surface area (Å²) >= 11 is 0. The van der Waals surface area contributed by atoms with E-state index in [1.54, 1.807) is 110 Å². The number of fused-ring (bicyclic) bond motifs is 3. The zero-order valence-corrected chi connectivity index (χ0v) is 67.6. The minimum Gasteiger partial charge on any atom is -0.870 e. The van der Waals surface area contributed by atoms with E-state index in [-0.39, 0.29) is 98.2 Å². The van der Waals surface area contributed by atoms with Gasteiger partial charge >= 0.3 is 25.0 Å². The van der Waals surface area contributed by atoms with Crippen LogP contribution < -0.4 is 39.0 Å². The molecule has 616 valence electrons. The number of carbonyl (C=O) groups excluding carboxylic acids is 8. The van der Waals surface area contributed by atoms with Crippen molar-refractivity contribution in [2.75, 3.05) is 60.5 Å². The number of imidazole rings is 3. The molecule has 3 aromatic heterocycles. The fourth-order valence-corrected chi connectivity index (χ4v) is 14.3. The topological polar surface area (TPSA) is 306 Å². The van der Waals surface area contributed by atoms with Crippen LogP contribution in [-0.4, -0.2) is 227 Å². The third kappa shape index (κ3) is 24.3. The van der Waals surface area contributed by atoms with E-state index >= 15 is 0 Å². The number of hydrogen-bond acceptors (Lipinski definition) is 17. The van der Waals surface area contributed by atoms with Crippen molar-refractivity contribution >= 4 is 47.8 Å². The molecule has 0 unspecified atom stereocenters. The summed E-state index contributed by atoms with van der Waals surface area (Å²) in [7, 11) is 4.35. The van der Waals surface area contributed by atoms with E-state index in [2.05, 4.69) is 25.6 Å². The zero-order chi connectivity index (χ0) is 81.4. The van der Waals surface area contributed by atoms with Crippen LogP contribution in [0.15, 0.2) is 116 Å². The van der Waals surface area contributed by atoms with Crippen molar-refractivity contribution in [1.82, 2.24) is 63.8 Å². The quantitative estimate of drug-likeness (QED) is 0.0302. The Hall–Kier alpha value is -9.93. The predicted molar refractivity (Wildman–Crippen MR) is 412 cm³/mol. The summed E-state index contributed by atoms with van der Waals surface area (Å²) in [6.07, 6.45) is 11.8. The van der Waals surface area contributed by atoms with Crippen molar-refractivity contribution in [1.29, 1.82) is 0 Å². The molecule has 32 heteroatoms. The molecule has 2 saturated heterocycles. The van der Waals surface area contributed by atoms with Gasteiger partial charge < -0.3 is 77.9 Å². The molecule has 2 fully saturated rings. The molecule has 27 nitrogen and oxygen atoms in total. The van der Waals surface area contributed by atoms with Gasteiger partial charge in [0.1, 0.15) is 93.7 Å². The smallest absolute Gasteiger partial charge is 0.870 e. The maximum atomic E-state index is 14.6. The number of likely N-dealkylation sites (tertiary alicyclic amines) is 2. The molecule has 7 amide bonds. The second kappa shape index (κ2) is 41.6. The van der Waals surface area contributed by atoms with Crippen molar-refractivity contribution in [3.63, 3.8) is 0 Å². The summed E-state index contributed by atoms with van der Waals surface area (Å²) in [5.41, 5.74) is 1.98. The molecule has 0 bridgehead atoms.